The Labute approximate surface area is 89.2 Å². The fourth-order valence-corrected chi connectivity index (χ4v) is 0.890. The van der Waals surface area contributed by atoms with Gasteiger partial charge in [0.15, 0.2) is 0 Å². The van der Waals surface area contributed by atoms with Crippen molar-refractivity contribution in [1.29, 1.82) is 0 Å². The predicted octanol–water partition coefficient (Wildman–Crippen LogP) is 2.15. The van der Waals surface area contributed by atoms with Crippen molar-refractivity contribution in [2.45, 2.75) is 6.92 Å². The minimum Gasteiger partial charge on any atom is -0.458 e. The van der Waals surface area contributed by atoms with E-state index in [0.717, 1.165) is 5.69 Å². The molecule has 0 aromatic carbocycles. The second-order valence-corrected chi connectivity index (χ2v) is 2.57. The summed E-state index contributed by atoms with van der Waals surface area (Å²) >= 11 is 0. The van der Waals surface area contributed by atoms with Crippen molar-refractivity contribution >= 4 is 18.4 Å². The van der Waals surface area contributed by atoms with E-state index in [1.54, 1.807) is 18.3 Å². The van der Waals surface area contributed by atoms with Crippen LogP contribution in [0, 0.1) is 6.92 Å². The van der Waals surface area contributed by atoms with E-state index in [-0.39, 0.29) is 25.0 Å². The van der Waals surface area contributed by atoms with Gasteiger partial charge in [0.25, 0.3) is 0 Å². The Morgan fingerprint density at radius 2 is 2.43 bits per heavy atom. The maximum absolute atomic E-state index is 11.3. The lowest BCUT2D eigenvalue weighted by atomic mass is 10.2. The van der Waals surface area contributed by atoms with Crippen LogP contribution in [0.3, 0.4) is 0 Å². The fourth-order valence-electron chi connectivity index (χ4n) is 0.890. The van der Waals surface area contributed by atoms with Gasteiger partial charge >= 0.3 is 5.97 Å². The summed E-state index contributed by atoms with van der Waals surface area (Å²) in [6.45, 7) is 5.51. The number of pyridine rings is 1. The summed E-state index contributed by atoms with van der Waals surface area (Å²) in [5.74, 6) is -0.342. The Morgan fingerprint density at radius 3 is 3.00 bits per heavy atom. The molecule has 0 amide bonds. The van der Waals surface area contributed by atoms with Gasteiger partial charge in [0.05, 0.1) is 5.56 Å². The minimum atomic E-state index is -0.342. The lowest BCUT2D eigenvalue weighted by molar-refractivity contribution is 0.0549. The third kappa shape index (κ3) is 3.58. The van der Waals surface area contributed by atoms with Crippen LogP contribution in [0.1, 0.15) is 16.1 Å². The second kappa shape index (κ2) is 6.16. The van der Waals surface area contributed by atoms with Gasteiger partial charge in [-0.15, -0.1) is 12.4 Å². The molecule has 3 nitrogen and oxygen atoms in total. The van der Waals surface area contributed by atoms with Gasteiger partial charge in [-0.1, -0.05) is 12.7 Å². The number of esters is 1. The lowest BCUT2D eigenvalue weighted by Crippen LogP contribution is -2.05. The predicted molar refractivity (Wildman–Crippen MR) is 56.7 cm³/mol. The number of rotatable bonds is 3. The maximum atomic E-state index is 11.3. The molecule has 0 aliphatic heterocycles. The van der Waals surface area contributed by atoms with Crippen LogP contribution in [0.15, 0.2) is 31.0 Å². The van der Waals surface area contributed by atoms with Crippen molar-refractivity contribution in [2.24, 2.45) is 0 Å². The molecule has 76 valence electrons. The summed E-state index contributed by atoms with van der Waals surface area (Å²) in [6.07, 6.45) is 3.12. The van der Waals surface area contributed by atoms with Crippen LogP contribution in [0.2, 0.25) is 0 Å². The van der Waals surface area contributed by atoms with Crippen molar-refractivity contribution < 1.29 is 9.53 Å². The first-order chi connectivity index (χ1) is 6.24. The first-order valence-corrected chi connectivity index (χ1v) is 3.94. The zero-order chi connectivity index (χ0) is 9.68. The van der Waals surface area contributed by atoms with Crippen LogP contribution in [0.25, 0.3) is 0 Å². The van der Waals surface area contributed by atoms with Crippen molar-refractivity contribution in [3.05, 3.63) is 42.2 Å². The van der Waals surface area contributed by atoms with E-state index >= 15 is 0 Å². The number of aryl methyl sites for hydroxylation is 1. The average Bonchev–Trinajstić information content (AvgIpc) is 2.14. The molecule has 1 heterocycles. The average molecular weight is 214 g/mol. The molecular formula is C10H12ClNO2. The number of hydrogen-bond acceptors (Lipinski definition) is 3. The molecule has 0 unspecified atom stereocenters. The molecule has 0 N–H and O–H groups in total. The first-order valence-electron chi connectivity index (χ1n) is 3.94. The first kappa shape index (κ1) is 12.7. The van der Waals surface area contributed by atoms with E-state index in [1.165, 1.54) is 6.08 Å². The fraction of sp³-hybridized carbons (Fsp3) is 0.200. The molecule has 0 saturated heterocycles. The van der Waals surface area contributed by atoms with Crippen LogP contribution < -0.4 is 0 Å². The number of halogens is 1. The Balaban J connectivity index is 0.00000169. The van der Waals surface area contributed by atoms with Crippen molar-refractivity contribution in [1.82, 2.24) is 4.98 Å². The number of nitrogens with zero attached hydrogens (tertiary/aromatic N) is 1. The Hall–Kier alpha value is -1.35. The maximum Gasteiger partial charge on any atom is 0.338 e. The van der Waals surface area contributed by atoms with Gasteiger partial charge in [-0.3, -0.25) is 4.98 Å². The van der Waals surface area contributed by atoms with E-state index in [0.29, 0.717) is 5.56 Å². The summed E-state index contributed by atoms with van der Waals surface area (Å²) in [5.41, 5.74) is 1.32. The molecule has 0 bridgehead atoms. The molecule has 0 saturated carbocycles. The molecule has 0 atom stereocenters. The monoisotopic (exact) mass is 213 g/mol. The second-order valence-electron chi connectivity index (χ2n) is 2.57. The topological polar surface area (TPSA) is 39.2 Å². The third-order valence-electron chi connectivity index (χ3n) is 1.46. The van der Waals surface area contributed by atoms with Crippen LogP contribution in [0.5, 0.6) is 0 Å². The van der Waals surface area contributed by atoms with Crippen molar-refractivity contribution in [3.63, 3.8) is 0 Å². The molecule has 0 radical (unpaired) electrons. The Morgan fingerprint density at radius 1 is 1.71 bits per heavy atom. The summed E-state index contributed by atoms with van der Waals surface area (Å²) in [6, 6.07) is 3.31. The third-order valence-corrected chi connectivity index (χ3v) is 1.46. The van der Waals surface area contributed by atoms with Crippen LogP contribution in [-0.4, -0.2) is 17.6 Å². The number of aromatic nitrogens is 1. The SMILES string of the molecule is C=CCOC(=O)c1ccnc(C)c1.Cl. The summed E-state index contributed by atoms with van der Waals surface area (Å²) < 4.78 is 4.85. The summed E-state index contributed by atoms with van der Waals surface area (Å²) in [5, 5.41) is 0. The zero-order valence-corrected chi connectivity index (χ0v) is 8.71. The summed E-state index contributed by atoms with van der Waals surface area (Å²) in [7, 11) is 0. The van der Waals surface area contributed by atoms with Crippen LogP contribution in [0.4, 0.5) is 0 Å². The van der Waals surface area contributed by atoms with E-state index < -0.39 is 0 Å². The van der Waals surface area contributed by atoms with E-state index in [2.05, 4.69) is 11.6 Å². The Kier molecular flexibility index (Phi) is 5.56. The molecule has 0 fully saturated rings. The lowest BCUT2D eigenvalue weighted by Gasteiger charge is -2.01. The van der Waals surface area contributed by atoms with Gasteiger partial charge in [-0.05, 0) is 19.1 Å². The number of hydrogen-bond donors (Lipinski definition) is 0. The van der Waals surface area contributed by atoms with Gasteiger partial charge < -0.3 is 4.74 Å². The molecule has 1 rings (SSSR count). The quantitative estimate of drug-likeness (QED) is 0.571. The highest BCUT2D eigenvalue weighted by molar-refractivity contribution is 5.89. The summed E-state index contributed by atoms with van der Waals surface area (Å²) in [4.78, 5) is 15.2. The smallest absolute Gasteiger partial charge is 0.338 e. The van der Waals surface area contributed by atoms with Crippen LogP contribution in [-0.2, 0) is 4.74 Å². The number of ether oxygens (including phenoxy) is 1. The zero-order valence-electron chi connectivity index (χ0n) is 7.90. The normalized spacial score (nSPS) is 8.64. The largest absolute Gasteiger partial charge is 0.458 e. The van der Waals surface area contributed by atoms with Gasteiger partial charge in [-0.25, -0.2) is 4.79 Å². The Bertz CT molecular complexity index is 326. The van der Waals surface area contributed by atoms with Gasteiger partial charge in [0, 0.05) is 11.9 Å². The van der Waals surface area contributed by atoms with Crippen molar-refractivity contribution in [2.75, 3.05) is 6.61 Å². The van der Waals surface area contributed by atoms with Gasteiger partial charge in [-0.2, -0.15) is 0 Å². The number of carbonyl (C=O) groups is 1. The minimum absolute atomic E-state index is 0. The van der Waals surface area contributed by atoms with Gasteiger partial charge in [0.2, 0.25) is 0 Å². The molecule has 0 aliphatic rings. The standard InChI is InChI=1S/C10H11NO2.ClH/c1-3-6-13-10(12)9-4-5-11-8(2)7-9;/h3-5,7H,1,6H2,2H3;1H. The highest BCUT2D eigenvalue weighted by Crippen LogP contribution is 2.02. The van der Waals surface area contributed by atoms with Crippen molar-refractivity contribution in [3.8, 4) is 0 Å². The number of carbonyl (C=O) groups excluding carboxylic acids is 1. The highest BCUT2D eigenvalue weighted by atomic mass is 35.5. The molecule has 4 heteroatoms. The van der Waals surface area contributed by atoms with E-state index in [4.69, 9.17) is 4.74 Å². The van der Waals surface area contributed by atoms with E-state index in [1.807, 2.05) is 6.92 Å². The molecule has 1 aromatic heterocycles. The molecule has 14 heavy (non-hydrogen) atoms. The molecule has 1 aromatic rings. The molecule has 0 spiro atoms. The molecular weight excluding hydrogens is 202 g/mol. The van der Waals surface area contributed by atoms with E-state index in [9.17, 15) is 4.79 Å². The highest BCUT2D eigenvalue weighted by Gasteiger charge is 2.05. The molecule has 0 aliphatic carbocycles. The van der Waals surface area contributed by atoms with Crippen LogP contribution >= 0.6 is 12.4 Å². The van der Waals surface area contributed by atoms with Gasteiger partial charge in [0.1, 0.15) is 6.61 Å².